The molecule has 0 saturated carbocycles. The minimum Gasteiger partial charge on any atom is -0.492 e. The molecule has 1 heterocycles. The Morgan fingerprint density at radius 1 is 1.12 bits per heavy atom. The van der Waals surface area contributed by atoms with Gasteiger partial charge in [-0.25, -0.2) is 4.90 Å². The van der Waals surface area contributed by atoms with Crippen molar-refractivity contribution in [1.29, 1.82) is 0 Å². The Morgan fingerprint density at radius 2 is 1.84 bits per heavy atom. The van der Waals surface area contributed by atoms with Crippen LogP contribution in [0.1, 0.15) is 52.9 Å². The van der Waals surface area contributed by atoms with Gasteiger partial charge in [-0.05, 0) is 26.3 Å². The number of anilines is 1. The first-order valence-corrected chi connectivity index (χ1v) is 9.27. The van der Waals surface area contributed by atoms with Crippen molar-refractivity contribution in [2.45, 2.75) is 52.9 Å². The Balaban J connectivity index is 2.24. The highest BCUT2D eigenvalue weighted by Crippen LogP contribution is 2.39. The molecule has 1 aliphatic heterocycles. The molecule has 25 heavy (non-hydrogen) atoms. The molecule has 0 unspecified atom stereocenters. The average Bonchev–Trinajstić information content (AvgIpc) is 2.84. The Labute approximate surface area is 158 Å². The summed E-state index contributed by atoms with van der Waals surface area (Å²) in [6.45, 7) is 6.31. The number of hydrogen-bond donors (Lipinski definition) is 0. The van der Waals surface area contributed by atoms with E-state index in [0.717, 1.165) is 36.2 Å². The first kappa shape index (κ1) is 19.8. The zero-order chi connectivity index (χ0) is 18.6. The highest BCUT2D eigenvalue weighted by molar-refractivity contribution is 6.39. The van der Waals surface area contributed by atoms with Gasteiger partial charge in [-0.15, -0.1) is 0 Å². The maximum Gasteiger partial charge on any atom is 0.261 e. The molecule has 0 aliphatic carbocycles. The van der Waals surface area contributed by atoms with Gasteiger partial charge in [0.05, 0.1) is 28.8 Å². The molecular formula is C19H23Cl2NO3. The SMILES string of the molecule is CCCCCCOc1cc(N2C(=O)CC(=C(C)C)C2=O)c(Cl)cc1Cl. The number of carbonyl (C=O) groups is 2. The number of benzene rings is 1. The first-order chi connectivity index (χ1) is 11.9. The van der Waals surface area contributed by atoms with E-state index in [4.69, 9.17) is 27.9 Å². The number of amides is 2. The minimum atomic E-state index is -0.330. The molecule has 2 rings (SSSR count). The fourth-order valence-corrected chi connectivity index (χ4v) is 3.22. The second-order valence-electron chi connectivity index (χ2n) is 6.33. The number of unbranched alkanes of at least 4 members (excludes halogenated alkanes) is 3. The topological polar surface area (TPSA) is 46.6 Å². The molecule has 0 N–H and O–H groups in total. The van der Waals surface area contributed by atoms with E-state index in [1.807, 2.05) is 13.8 Å². The van der Waals surface area contributed by atoms with Gasteiger partial charge in [0.2, 0.25) is 5.91 Å². The molecular weight excluding hydrogens is 361 g/mol. The van der Waals surface area contributed by atoms with E-state index < -0.39 is 0 Å². The van der Waals surface area contributed by atoms with E-state index in [9.17, 15) is 9.59 Å². The second-order valence-corrected chi connectivity index (χ2v) is 7.15. The second kappa shape index (κ2) is 8.72. The normalized spacial score (nSPS) is 14.4. The van der Waals surface area contributed by atoms with Crippen LogP contribution in [0.3, 0.4) is 0 Å². The highest BCUT2D eigenvalue weighted by atomic mass is 35.5. The lowest BCUT2D eigenvalue weighted by molar-refractivity contribution is -0.120. The van der Waals surface area contributed by atoms with Gasteiger partial charge in [0, 0.05) is 11.6 Å². The van der Waals surface area contributed by atoms with Crippen molar-refractivity contribution >= 4 is 40.7 Å². The Morgan fingerprint density at radius 3 is 2.44 bits per heavy atom. The standard InChI is InChI=1S/C19H23Cl2NO3/c1-4-5-6-7-8-25-17-11-16(14(20)10-15(17)21)22-18(23)9-13(12(2)3)19(22)24/h10-11H,4-9H2,1-3H3. The van der Waals surface area contributed by atoms with E-state index in [1.54, 1.807) is 6.07 Å². The first-order valence-electron chi connectivity index (χ1n) is 8.52. The van der Waals surface area contributed by atoms with Crippen molar-refractivity contribution in [2.24, 2.45) is 0 Å². The van der Waals surface area contributed by atoms with Gasteiger partial charge in [0.25, 0.3) is 5.91 Å². The number of hydrogen-bond acceptors (Lipinski definition) is 3. The van der Waals surface area contributed by atoms with Gasteiger partial charge in [-0.2, -0.15) is 0 Å². The van der Waals surface area contributed by atoms with E-state index >= 15 is 0 Å². The van der Waals surface area contributed by atoms with Crippen molar-refractivity contribution in [1.82, 2.24) is 0 Å². The quantitative estimate of drug-likeness (QED) is 0.352. The zero-order valence-corrected chi connectivity index (χ0v) is 16.3. The summed E-state index contributed by atoms with van der Waals surface area (Å²) in [6, 6.07) is 3.09. The van der Waals surface area contributed by atoms with E-state index in [1.165, 1.54) is 6.07 Å². The lowest BCUT2D eigenvalue weighted by Gasteiger charge is -2.18. The Kier molecular flexibility index (Phi) is 6.91. The fraction of sp³-hybridized carbons (Fsp3) is 0.474. The number of halogens is 2. The van der Waals surface area contributed by atoms with Crippen LogP contribution in [-0.2, 0) is 9.59 Å². The van der Waals surface area contributed by atoms with Crippen LogP contribution in [0.25, 0.3) is 0 Å². The largest absolute Gasteiger partial charge is 0.492 e. The van der Waals surface area contributed by atoms with Crippen LogP contribution in [0.15, 0.2) is 23.3 Å². The number of ether oxygens (including phenoxy) is 1. The molecule has 0 aromatic heterocycles. The van der Waals surface area contributed by atoms with E-state index in [2.05, 4.69) is 6.92 Å². The lowest BCUT2D eigenvalue weighted by Crippen LogP contribution is -2.29. The van der Waals surface area contributed by atoms with Crippen LogP contribution in [-0.4, -0.2) is 18.4 Å². The monoisotopic (exact) mass is 383 g/mol. The summed E-state index contributed by atoms with van der Waals surface area (Å²) in [5, 5.41) is 0.616. The minimum absolute atomic E-state index is 0.0906. The average molecular weight is 384 g/mol. The lowest BCUT2D eigenvalue weighted by atomic mass is 10.1. The van der Waals surface area contributed by atoms with Gasteiger partial charge in [0.1, 0.15) is 5.75 Å². The molecule has 136 valence electrons. The van der Waals surface area contributed by atoms with Gasteiger partial charge in [0.15, 0.2) is 0 Å². The van der Waals surface area contributed by atoms with Gasteiger partial charge < -0.3 is 4.74 Å². The molecule has 0 spiro atoms. The summed E-state index contributed by atoms with van der Waals surface area (Å²) in [6.07, 6.45) is 4.41. The molecule has 0 atom stereocenters. The number of nitrogens with zero attached hydrogens (tertiary/aromatic N) is 1. The molecule has 6 heteroatoms. The van der Waals surface area contributed by atoms with Crippen LogP contribution in [0.5, 0.6) is 5.75 Å². The van der Waals surface area contributed by atoms with Crippen LogP contribution < -0.4 is 9.64 Å². The number of imide groups is 1. The molecule has 1 saturated heterocycles. The molecule has 1 aromatic carbocycles. The van der Waals surface area contributed by atoms with Crippen molar-refractivity contribution in [3.8, 4) is 5.75 Å². The third-order valence-electron chi connectivity index (χ3n) is 4.14. The molecule has 4 nitrogen and oxygen atoms in total. The summed E-state index contributed by atoms with van der Waals surface area (Å²) in [5.41, 5.74) is 1.66. The smallest absolute Gasteiger partial charge is 0.261 e. The molecule has 0 radical (unpaired) electrons. The van der Waals surface area contributed by atoms with Crippen LogP contribution in [0.2, 0.25) is 10.0 Å². The molecule has 1 aromatic rings. The van der Waals surface area contributed by atoms with Crippen molar-refractivity contribution in [3.05, 3.63) is 33.3 Å². The van der Waals surface area contributed by atoms with Crippen molar-refractivity contribution in [2.75, 3.05) is 11.5 Å². The van der Waals surface area contributed by atoms with E-state index in [-0.39, 0.29) is 23.3 Å². The summed E-state index contributed by atoms with van der Waals surface area (Å²) in [7, 11) is 0. The van der Waals surface area contributed by atoms with Crippen molar-refractivity contribution < 1.29 is 14.3 Å². The molecule has 1 fully saturated rings. The highest BCUT2D eigenvalue weighted by Gasteiger charge is 2.37. The predicted molar refractivity (Wildman–Crippen MR) is 102 cm³/mol. The van der Waals surface area contributed by atoms with Gasteiger partial charge in [-0.3, -0.25) is 9.59 Å². The van der Waals surface area contributed by atoms with Crippen LogP contribution >= 0.6 is 23.2 Å². The number of carbonyl (C=O) groups excluding carboxylic acids is 2. The predicted octanol–water partition coefficient (Wildman–Crippen LogP) is 5.55. The number of allylic oxidation sites excluding steroid dienone is 1. The van der Waals surface area contributed by atoms with Crippen LogP contribution in [0.4, 0.5) is 5.69 Å². The zero-order valence-electron chi connectivity index (χ0n) is 14.8. The summed E-state index contributed by atoms with van der Waals surface area (Å²) in [4.78, 5) is 26.0. The van der Waals surface area contributed by atoms with Gasteiger partial charge in [-0.1, -0.05) is 55.0 Å². The van der Waals surface area contributed by atoms with E-state index in [0.29, 0.717) is 28.6 Å². The maximum absolute atomic E-state index is 12.6. The van der Waals surface area contributed by atoms with Crippen LogP contribution in [0, 0.1) is 0 Å². The Bertz CT molecular complexity index is 709. The molecule has 0 bridgehead atoms. The summed E-state index contributed by atoms with van der Waals surface area (Å²) < 4.78 is 5.73. The molecule has 1 aliphatic rings. The fourth-order valence-electron chi connectivity index (χ4n) is 2.70. The summed E-state index contributed by atoms with van der Waals surface area (Å²) >= 11 is 12.4. The third-order valence-corrected chi connectivity index (χ3v) is 4.74. The number of rotatable bonds is 7. The third kappa shape index (κ3) is 4.56. The summed E-state index contributed by atoms with van der Waals surface area (Å²) in [5.74, 6) is -0.189. The van der Waals surface area contributed by atoms with Gasteiger partial charge >= 0.3 is 0 Å². The molecule has 2 amide bonds. The Hall–Kier alpha value is -1.52. The maximum atomic E-state index is 12.6. The van der Waals surface area contributed by atoms with Crippen molar-refractivity contribution in [3.63, 3.8) is 0 Å².